The standard InChI is InChI=1S/C21H27N3.BrH/c1-16-13-19(22)7-8-21(16)24-11-9-23(10-12-24)15-18-14-20(18)17-5-3-2-4-6-17;/h2-8,13,18,20H,9-12,14-15,22H2,1H3;1H. The first-order chi connectivity index (χ1) is 11.7. The summed E-state index contributed by atoms with van der Waals surface area (Å²) in [5.41, 5.74) is 10.9. The zero-order valence-electron chi connectivity index (χ0n) is 14.9. The Morgan fingerprint density at radius 3 is 2.40 bits per heavy atom. The third-order valence-electron chi connectivity index (χ3n) is 5.58. The molecule has 0 amide bonds. The van der Waals surface area contributed by atoms with Crippen molar-refractivity contribution in [1.29, 1.82) is 0 Å². The van der Waals surface area contributed by atoms with Crippen LogP contribution < -0.4 is 10.6 Å². The maximum Gasteiger partial charge on any atom is 0.0398 e. The van der Waals surface area contributed by atoms with Crippen LogP contribution in [0.5, 0.6) is 0 Å². The Balaban J connectivity index is 0.00000182. The first kappa shape index (κ1) is 18.3. The van der Waals surface area contributed by atoms with E-state index in [-0.39, 0.29) is 17.0 Å². The van der Waals surface area contributed by atoms with Gasteiger partial charge in [-0.05, 0) is 54.5 Å². The number of halogens is 1. The maximum absolute atomic E-state index is 5.88. The molecule has 2 atom stereocenters. The molecule has 2 fully saturated rings. The second-order valence-electron chi connectivity index (χ2n) is 7.35. The Bertz CT molecular complexity index is 696. The van der Waals surface area contributed by atoms with E-state index in [9.17, 15) is 0 Å². The highest BCUT2D eigenvalue weighted by Crippen LogP contribution is 2.47. The van der Waals surface area contributed by atoms with Crippen LogP contribution in [0.15, 0.2) is 48.5 Å². The van der Waals surface area contributed by atoms with E-state index in [4.69, 9.17) is 5.73 Å². The number of nitrogen functional groups attached to an aromatic ring is 1. The van der Waals surface area contributed by atoms with Crippen molar-refractivity contribution >= 4 is 28.4 Å². The smallest absolute Gasteiger partial charge is 0.0398 e. The summed E-state index contributed by atoms with van der Waals surface area (Å²) in [6, 6.07) is 17.3. The lowest BCUT2D eigenvalue weighted by Crippen LogP contribution is -2.47. The fourth-order valence-electron chi connectivity index (χ4n) is 4.09. The molecule has 0 bridgehead atoms. The van der Waals surface area contributed by atoms with Gasteiger partial charge in [-0.1, -0.05) is 30.3 Å². The summed E-state index contributed by atoms with van der Waals surface area (Å²) in [5, 5.41) is 0. The van der Waals surface area contributed by atoms with Gasteiger partial charge in [-0.25, -0.2) is 0 Å². The van der Waals surface area contributed by atoms with Crippen LogP contribution in [-0.4, -0.2) is 37.6 Å². The predicted molar refractivity (Wildman–Crippen MR) is 112 cm³/mol. The quantitative estimate of drug-likeness (QED) is 0.783. The molecule has 2 aromatic rings. The molecule has 2 unspecified atom stereocenters. The molecule has 1 saturated heterocycles. The van der Waals surface area contributed by atoms with Gasteiger partial charge in [0.2, 0.25) is 0 Å². The summed E-state index contributed by atoms with van der Waals surface area (Å²) < 4.78 is 0. The summed E-state index contributed by atoms with van der Waals surface area (Å²) in [4.78, 5) is 5.16. The monoisotopic (exact) mass is 401 g/mol. The highest BCUT2D eigenvalue weighted by atomic mass is 79.9. The van der Waals surface area contributed by atoms with E-state index in [0.717, 1.165) is 30.6 Å². The number of hydrogen-bond acceptors (Lipinski definition) is 3. The largest absolute Gasteiger partial charge is 0.399 e. The highest BCUT2D eigenvalue weighted by molar-refractivity contribution is 8.93. The van der Waals surface area contributed by atoms with Crippen LogP contribution in [0.2, 0.25) is 0 Å². The van der Waals surface area contributed by atoms with E-state index in [2.05, 4.69) is 59.2 Å². The van der Waals surface area contributed by atoms with Crippen molar-refractivity contribution in [2.24, 2.45) is 5.92 Å². The van der Waals surface area contributed by atoms with E-state index < -0.39 is 0 Å². The molecular weight excluding hydrogens is 374 g/mol. The lowest BCUT2D eigenvalue weighted by Gasteiger charge is -2.37. The minimum atomic E-state index is 0. The van der Waals surface area contributed by atoms with Crippen LogP contribution in [0.4, 0.5) is 11.4 Å². The number of benzene rings is 2. The van der Waals surface area contributed by atoms with Gasteiger partial charge in [-0.2, -0.15) is 0 Å². The number of nitrogens with two attached hydrogens (primary N) is 1. The normalized spacial score (nSPS) is 23.2. The molecule has 0 radical (unpaired) electrons. The molecular formula is C21H28BrN3. The zero-order valence-corrected chi connectivity index (χ0v) is 16.6. The summed E-state index contributed by atoms with van der Waals surface area (Å²) in [6.07, 6.45) is 1.36. The van der Waals surface area contributed by atoms with E-state index in [1.165, 1.54) is 42.9 Å². The molecule has 0 spiro atoms. The summed E-state index contributed by atoms with van der Waals surface area (Å²) in [6.45, 7) is 7.99. The second kappa shape index (κ2) is 7.79. The number of aryl methyl sites for hydroxylation is 1. The highest BCUT2D eigenvalue weighted by Gasteiger charge is 2.39. The number of hydrogen-bond donors (Lipinski definition) is 1. The zero-order chi connectivity index (χ0) is 16.5. The minimum absolute atomic E-state index is 0. The topological polar surface area (TPSA) is 32.5 Å². The molecule has 2 aromatic carbocycles. The Morgan fingerprint density at radius 2 is 1.72 bits per heavy atom. The fourth-order valence-corrected chi connectivity index (χ4v) is 4.09. The van der Waals surface area contributed by atoms with Crippen molar-refractivity contribution in [2.75, 3.05) is 43.4 Å². The molecule has 1 aliphatic heterocycles. The Hall–Kier alpha value is -1.52. The average molecular weight is 402 g/mol. The van der Waals surface area contributed by atoms with Crippen molar-refractivity contribution in [3.63, 3.8) is 0 Å². The summed E-state index contributed by atoms with van der Waals surface area (Å²) in [7, 11) is 0. The van der Waals surface area contributed by atoms with Crippen LogP contribution in [0.3, 0.4) is 0 Å². The molecule has 2 aliphatic rings. The number of anilines is 2. The van der Waals surface area contributed by atoms with Crippen LogP contribution in [0.1, 0.15) is 23.5 Å². The number of nitrogens with zero attached hydrogens (tertiary/aromatic N) is 2. The molecule has 2 N–H and O–H groups in total. The van der Waals surface area contributed by atoms with Gasteiger partial charge in [0, 0.05) is 44.1 Å². The van der Waals surface area contributed by atoms with Crippen molar-refractivity contribution in [1.82, 2.24) is 4.90 Å². The number of piperazine rings is 1. The number of rotatable bonds is 4. The van der Waals surface area contributed by atoms with Crippen LogP contribution >= 0.6 is 17.0 Å². The van der Waals surface area contributed by atoms with Gasteiger partial charge in [0.15, 0.2) is 0 Å². The van der Waals surface area contributed by atoms with E-state index >= 15 is 0 Å². The van der Waals surface area contributed by atoms with E-state index in [1.807, 2.05) is 6.07 Å². The lowest BCUT2D eigenvalue weighted by atomic mass is 10.1. The van der Waals surface area contributed by atoms with Crippen molar-refractivity contribution in [3.05, 3.63) is 59.7 Å². The molecule has 0 aromatic heterocycles. The Labute approximate surface area is 161 Å². The molecule has 134 valence electrons. The van der Waals surface area contributed by atoms with Crippen LogP contribution in [-0.2, 0) is 0 Å². The van der Waals surface area contributed by atoms with Gasteiger partial charge in [0.25, 0.3) is 0 Å². The van der Waals surface area contributed by atoms with Crippen LogP contribution in [0, 0.1) is 12.8 Å². The third kappa shape index (κ3) is 4.18. The van der Waals surface area contributed by atoms with Crippen molar-refractivity contribution in [2.45, 2.75) is 19.3 Å². The second-order valence-corrected chi connectivity index (χ2v) is 7.35. The fraction of sp³-hybridized carbons (Fsp3) is 0.429. The van der Waals surface area contributed by atoms with E-state index in [1.54, 1.807) is 0 Å². The maximum atomic E-state index is 5.88. The molecule has 1 aliphatic carbocycles. The third-order valence-corrected chi connectivity index (χ3v) is 5.58. The van der Waals surface area contributed by atoms with Gasteiger partial charge in [-0.3, -0.25) is 4.90 Å². The lowest BCUT2D eigenvalue weighted by molar-refractivity contribution is 0.246. The predicted octanol–water partition coefficient (Wildman–Crippen LogP) is 4.08. The Kier molecular flexibility index (Phi) is 5.70. The molecule has 4 rings (SSSR count). The SMILES string of the molecule is Br.Cc1cc(N)ccc1N1CCN(CC2CC2c2ccccc2)CC1. The Morgan fingerprint density at radius 1 is 1.00 bits per heavy atom. The molecule has 4 heteroatoms. The molecule has 1 saturated carbocycles. The van der Waals surface area contributed by atoms with Gasteiger partial charge >= 0.3 is 0 Å². The van der Waals surface area contributed by atoms with Crippen molar-refractivity contribution in [3.8, 4) is 0 Å². The minimum Gasteiger partial charge on any atom is -0.399 e. The van der Waals surface area contributed by atoms with Gasteiger partial charge in [0.1, 0.15) is 0 Å². The van der Waals surface area contributed by atoms with Gasteiger partial charge in [-0.15, -0.1) is 17.0 Å². The molecule has 1 heterocycles. The van der Waals surface area contributed by atoms with E-state index in [0.29, 0.717) is 0 Å². The molecule has 3 nitrogen and oxygen atoms in total. The van der Waals surface area contributed by atoms with Gasteiger partial charge in [0.05, 0.1) is 0 Å². The summed E-state index contributed by atoms with van der Waals surface area (Å²) in [5.74, 6) is 1.65. The first-order valence-electron chi connectivity index (χ1n) is 9.09. The molecule has 25 heavy (non-hydrogen) atoms. The van der Waals surface area contributed by atoms with Gasteiger partial charge < -0.3 is 10.6 Å². The van der Waals surface area contributed by atoms with Crippen molar-refractivity contribution < 1.29 is 0 Å². The summed E-state index contributed by atoms with van der Waals surface area (Å²) >= 11 is 0. The average Bonchev–Trinajstić information content (AvgIpc) is 3.36. The van der Waals surface area contributed by atoms with Crippen LogP contribution in [0.25, 0.3) is 0 Å². The first-order valence-corrected chi connectivity index (χ1v) is 9.09.